The van der Waals surface area contributed by atoms with Crippen LogP contribution in [0.1, 0.15) is 12.5 Å². The molecule has 1 N–H and O–H groups in total. The van der Waals surface area contributed by atoms with Gasteiger partial charge in [-0.05, 0) is 30.3 Å². The van der Waals surface area contributed by atoms with E-state index in [-0.39, 0.29) is 5.91 Å². The van der Waals surface area contributed by atoms with Gasteiger partial charge in [-0.1, -0.05) is 29.8 Å². The predicted octanol–water partition coefficient (Wildman–Crippen LogP) is 4.06. The van der Waals surface area contributed by atoms with Crippen LogP contribution in [0.15, 0.2) is 60.8 Å². The molecule has 0 saturated heterocycles. The number of nitrogens with zero attached hydrogens (tertiary/aromatic N) is 2. The molecule has 0 atom stereocenters. The first-order chi connectivity index (χ1) is 11.6. The molecule has 0 aliphatic rings. The van der Waals surface area contributed by atoms with Crippen molar-refractivity contribution >= 4 is 23.2 Å². The van der Waals surface area contributed by atoms with Crippen LogP contribution in [0.2, 0.25) is 5.02 Å². The summed E-state index contributed by atoms with van der Waals surface area (Å²) in [6.07, 6.45) is 1.82. The summed E-state index contributed by atoms with van der Waals surface area (Å²) in [5.74, 6) is 0.386. The van der Waals surface area contributed by atoms with Crippen molar-refractivity contribution in [2.45, 2.75) is 13.5 Å². The van der Waals surface area contributed by atoms with Crippen molar-refractivity contribution in [3.05, 3.63) is 71.4 Å². The van der Waals surface area contributed by atoms with Gasteiger partial charge >= 0.3 is 0 Å². The van der Waals surface area contributed by atoms with E-state index in [0.717, 1.165) is 16.9 Å². The molecule has 5 nitrogen and oxygen atoms in total. The lowest BCUT2D eigenvalue weighted by Gasteiger charge is -2.09. The molecule has 24 heavy (non-hydrogen) atoms. The molecule has 1 aromatic heterocycles. The number of rotatable bonds is 5. The zero-order valence-electron chi connectivity index (χ0n) is 13.1. The van der Waals surface area contributed by atoms with Crippen molar-refractivity contribution < 1.29 is 9.53 Å². The molecule has 3 rings (SSSR count). The fraction of sp³-hybridized carbons (Fsp3) is 0.111. The van der Waals surface area contributed by atoms with Crippen LogP contribution in [0.25, 0.3) is 5.69 Å². The summed E-state index contributed by atoms with van der Waals surface area (Å²) in [4.78, 5) is 11.2. The molecule has 0 fully saturated rings. The molecular weight excluding hydrogens is 326 g/mol. The molecule has 1 amide bonds. The molecular formula is C18H16ClN3O2. The second-order valence-corrected chi connectivity index (χ2v) is 5.64. The molecule has 0 bridgehead atoms. The van der Waals surface area contributed by atoms with Crippen molar-refractivity contribution in [3.8, 4) is 11.6 Å². The lowest BCUT2D eigenvalue weighted by Crippen LogP contribution is -2.09. The lowest BCUT2D eigenvalue weighted by molar-refractivity contribution is -0.114. The number of hydrogen-bond acceptors (Lipinski definition) is 3. The number of carbonyl (C=O) groups excluding carboxylic acids is 1. The number of halogens is 1. The molecule has 122 valence electrons. The van der Waals surface area contributed by atoms with Crippen LogP contribution >= 0.6 is 11.6 Å². The minimum absolute atomic E-state index is 0.116. The van der Waals surface area contributed by atoms with Gasteiger partial charge in [-0.3, -0.25) is 4.79 Å². The maximum Gasteiger partial charge on any atom is 0.233 e. The topological polar surface area (TPSA) is 56.1 Å². The van der Waals surface area contributed by atoms with E-state index in [2.05, 4.69) is 10.4 Å². The third-order valence-corrected chi connectivity index (χ3v) is 3.61. The van der Waals surface area contributed by atoms with Crippen LogP contribution in [0.5, 0.6) is 5.88 Å². The number of para-hydroxylation sites is 1. The summed E-state index contributed by atoms with van der Waals surface area (Å²) in [6.45, 7) is 1.79. The number of ether oxygens (including phenoxy) is 1. The van der Waals surface area contributed by atoms with E-state index in [4.69, 9.17) is 16.3 Å². The molecule has 0 radical (unpaired) electrons. The summed E-state index contributed by atoms with van der Waals surface area (Å²) in [7, 11) is 0. The van der Waals surface area contributed by atoms with Crippen LogP contribution < -0.4 is 10.1 Å². The molecule has 0 aliphatic carbocycles. The number of benzene rings is 2. The van der Waals surface area contributed by atoms with E-state index in [9.17, 15) is 4.79 Å². The highest BCUT2D eigenvalue weighted by atomic mass is 35.5. The third-order valence-electron chi connectivity index (χ3n) is 3.36. The molecule has 6 heteroatoms. The Labute approximate surface area is 144 Å². The molecule has 0 spiro atoms. The highest BCUT2D eigenvalue weighted by Crippen LogP contribution is 2.19. The Bertz CT molecular complexity index is 843. The number of nitrogens with one attached hydrogen (secondary N) is 1. The summed E-state index contributed by atoms with van der Waals surface area (Å²) < 4.78 is 7.44. The number of hydrogen-bond donors (Lipinski definition) is 1. The SMILES string of the molecule is CC(=O)Nc1ccccc1COc1ccn(-c2ccc(Cl)cc2)n1. The number of anilines is 1. The van der Waals surface area contributed by atoms with Crippen molar-refractivity contribution in [2.24, 2.45) is 0 Å². The van der Waals surface area contributed by atoms with Crippen molar-refractivity contribution in [2.75, 3.05) is 5.32 Å². The molecule has 0 aliphatic heterocycles. The number of amides is 1. The summed E-state index contributed by atoms with van der Waals surface area (Å²) in [5, 5.41) is 7.85. The van der Waals surface area contributed by atoms with Gasteiger partial charge < -0.3 is 10.1 Å². The van der Waals surface area contributed by atoms with Crippen LogP contribution in [0, 0.1) is 0 Å². The molecule has 0 unspecified atom stereocenters. The Hall–Kier alpha value is -2.79. The largest absolute Gasteiger partial charge is 0.472 e. The number of aromatic nitrogens is 2. The Kier molecular flexibility index (Phi) is 4.82. The summed E-state index contributed by atoms with van der Waals surface area (Å²) >= 11 is 5.89. The van der Waals surface area contributed by atoms with Gasteiger partial charge in [-0.25, -0.2) is 4.68 Å². The first-order valence-corrected chi connectivity index (χ1v) is 7.79. The molecule has 3 aromatic rings. The average molecular weight is 342 g/mol. The Morgan fingerprint density at radius 3 is 2.67 bits per heavy atom. The zero-order chi connectivity index (χ0) is 16.9. The van der Waals surface area contributed by atoms with E-state index in [0.29, 0.717) is 17.5 Å². The van der Waals surface area contributed by atoms with Crippen molar-refractivity contribution in [3.63, 3.8) is 0 Å². The standard InChI is InChI=1S/C18H16ClN3O2/c1-13(23)20-17-5-3-2-4-14(17)12-24-18-10-11-22(21-18)16-8-6-15(19)7-9-16/h2-11H,12H2,1H3,(H,20,23). The van der Waals surface area contributed by atoms with Gasteiger partial charge in [-0.2, -0.15) is 0 Å². The van der Waals surface area contributed by atoms with E-state index < -0.39 is 0 Å². The van der Waals surface area contributed by atoms with E-state index in [1.165, 1.54) is 6.92 Å². The monoisotopic (exact) mass is 341 g/mol. The maximum atomic E-state index is 11.2. The third kappa shape index (κ3) is 3.94. The van der Waals surface area contributed by atoms with Gasteiger partial charge in [0.2, 0.25) is 11.8 Å². The minimum atomic E-state index is -0.116. The fourth-order valence-corrected chi connectivity index (χ4v) is 2.36. The van der Waals surface area contributed by atoms with Gasteiger partial charge in [-0.15, -0.1) is 5.10 Å². The summed E-state index contributed by atoms with van der Waals surface area (Å²) in [6, 6.07) is 16.7. The molecule has 0 saturated carbocycles. The Balaban J connectivity index is 1.70. The first-order valence-electron chi connectivity index (χ1n) is 7.42. The first kappa shape index (κ1) is 16.1. The Morgan fingerprint density at radius 2 is 1.92 bits per heavy atom. The smallest absolute Gasteiger partial charge is 0.233 e. The highest BCUT2D eigenvalue weighted by Gasteiger charge is 2.06. The highest BCUT2D eigenvalue weighted by molar-refractivity contribution is 6.30. The van der Waals surface area contributed by atoms with E-state index in [1.807, 2.05) is 54.7 Å². The van der Waals surface area contributed by atoms with Gasteiger partial charge in [0.15, 0.2) is 0 Å². The van der Waals surface area contributed by atoms with Crippen LogP contribution in [-0.4, -0.2) is 15.7 Å². The van der Waals surface area contributed by atoms with E-state index in [1.54, 1.807) is 10.7 Å². The van der Waals surface area contributed by atoms with Gasteiger partial charge in [0.05, 0.1) is 5.69 Å². The Morgan fingerprint density at radius 1 is 1.17 bits per heavy atom. The maximum absolute atomic E-state index is 11.2. The van der Waals surface area contributed by atoms with Gasteiger partial charge in [0.25, 0.3) is 0 Å². The molecule has 2 aromatic carbocycles. The second kappa shape index (κ2) is 7.19. The van der Waals surface area contributed by atoms with Crippen molar-refractivity contribution in [1.29, 1.82) is 0 Å². The quantitative estimate of drug-likeness (QED) is 0.761. The predicted molar refractivity (Wildman–Crippen MR) is 93.7 cm³/mol. The number of carbonyl (C=O) groups is 1. The fourth-order valence-electron chi connectivity index (χ4n) is 2.23. The van der Waals surface area contributed by atoms with Crippen LogP contribution in [-0.2, 0) is 11.4 Å². The normalized spacial score (nSPS) is 10.4. The minimum Gasteiger partial charge on any atom is -0.472 e. The second-order valence-electron chi connectivity index (χ2n) is 5.20. The summed E-state index contributed by atoms with van der Waals surface area (Å²) in [5.41, 5.74) is 2.52. The van der Waals surface area contributed by atoms with E-state index >= 15 is 0 Å². The average Bonchev–Trinajstić information content (AvgIpc) is 3.03. The van der Waals surface area contributed by atoms with Crippen LogP contribution in [0.4, 0.5) is 5.69 Å². The zero-order valence-corrected chi connectivity index (χ0v) is 13.8. The van der Waals surface area contributed by atoms with Crippen molar-refractivity contribution in [1.82, 2.24) is 9.78 Å². The lowest BCUT2D eigenvalue weighted by atomic mass is 10.2. The van der Waals surface area contributed by atoms with Gasteiger partial charge in [0.1, 0.15) is 6.61 Å². The molecule has 1 heterocycles. The van der Waals surface area contributed by atoms with Crippen LogP contribution in [0.3, 0.4) is 0 Å². The van der Waals surface area contributed by atoms with Gasteiger partial charge in [0, 0.05) is 35.5 Å².